The molecule has 4 rings (SSSR count). The first-order valence-electron chi connectivity index (χ1n) is 12.0. The molecule has 7 N–H and O–H groups in total. The van der Waals surface area contributed by atoms with E-state index in [9.17, 15) is 19.5 Å². The minimum Gasteiger partial charge on any atom is -0.481 e. The molecule has 3 atom stereocenters. The van der Waals surface area contributed by atoms with E-state index in [-0.39, 0.29) is 18.8 Å². The maximum Gasteiger partial charge on any atom is 0.326 e. The minimum absolute atomic E-state index is 0.167. The number of fused-ring (bicyclic) bond motifs is 2. The summed E-state index contributed by atoms with van der Waals surface area (Å²) in [5.41, 5.74) is 16.6. The van der Waals surface area contributed by atoms with Crippen molar-refractivity contribution in [3.05, 3.63) is 46.1 Å². The lowest BCUT2D eigenvalue weighted by molar-refractivity contribution is -0.140. The molecule has 1 heterocycles. The van der Waals surface area contributed by atoms with Gasteiger partial charge in [-0.05, 0) is 80.0 Å². The summed E-state index contributed by atoms with van der Waals surface area (Å²) in [7, 11) is 0. The highest BCUT2D eigenvalue weighted by Crippen LogP contribution is 2.41. The van der Waals surface area contributed by atoms with Gasteiger partial charge in [0.25, 0.3) is 5.91 Å². The van der Waals surface area contributed by atoms with Gasteiger partial charge in [0.15, 0.2) is 0 Å². The molecule has 0 saturated heterocycles. The van der Waals surface area contributed by atoms with Crippen molar-refractivity contribution in [1.29, 1.82) is 0 Å². The number of amides is 1. The van der Waals surface area contributed by atoms with E-state index < -0.39 is 23.9 Å². The third-order valence-electron chi connectivity index (χ3n) is 7.17. The molecule has 0 saturated carbocycles. The summed E-state index contributed by atoms with van der Waals surface area (Å²) >= 11 is 0. The molecule has 10 nitrogen and oxygen atoms in total. The Bertz CT molecular complexity index is 1150. The van der Waals surface area contributed by atoms with Crippen molar-refractivity contribution < 1.29 is 24.6 Å². The van der Waals surface area contributed by atoms with Gasteiger partial charge in [-0.1, -0.05) is 12.5 Å². The molecule has 1 aromatic heterocycles. The molecule has 2 aliphatic carbocycles. The number of rotatable bonds is 10. The van der Waals surface area contributed by atoms with E-state index in [4.69, 9.17) is 16.6 Å². The second-order valence-corrected chi connectivity index (χ2v) is 9.44. The SMILES string of the molecule is Nc1nc(N)c2c(n1)CCC2CCCC1CCc2cc(C(=O)N[C@@H](CCC(=O)O)C(=O)O)ccc21. The fraction of sp³-hybridized carbons (Fsp3) is 0.480. The Labute approximate surface area is 203 Å². The molecule has 0 fully saturated rings. The molecule has 0 radical (unpaired) electrons. The number of hydrogen-bond acceptors (Lipinski definition) is 7. The van der Waals surface area contributed by atoms with Crippen LogP contribution in [0.15, 0.2) is 18.2 Å². The first kappa shape index (κ1) is 24.4. The van der Waals surface area contributed by atoms with Crippen LogP contribution in [0.1, 0.15) is 89.5 Å². The van der Waals surface area contributed by atoms with Crippen LogP contribution in [0.4, 0.5) is 11.8 Å². The van der Waals surface area contributed by atoms with Gasteiger partial charge in [0.2, 0.25) is 5.95 Å². The van der Waals surface area contributed by atoms with Gasteiger partial charge in [0, 0.05) is 17.5 Å². The van der Waals surface area contributed by atoms with Crippen LogP contribution in [0.25, 0.3) is 0 Å². The zero-order chi connectivity index (χ0) is 25.1. The van der Waals surface area contributed by atoms with Crippen molar-refractivity contribution >= 4 is 29.6 Å². The minimum atomic E-state index is -1.25. The molecule has 0 aliphatic heterocycles. The number of aliphatic carboxylic acids is 2. The number of carbonyl (C=O) groups is 3. The Morgan fingerprint density at radius 1 is 1.06 bits per heavy atom. The third kappa shape index (κ3) is 5.52. The van der Waals surface area contributed by atoms with E-state index in [2.05, 4.69) is 15.3 Å². The first-order valence-corrected chi connectivity index (χ1v) is 12.0. The van der Waals surface area contributed by atoms with E-state index in [0.717, 1.165) is 61.8 Å². The number of nitrogen functional groups attached to an aromatic ring is 2. The summed E-state index contributed by atoms with van der Waals surface area (Å²) in [6.07, 6.45) is 6.39. The van der Waals surface area contributed by atoms with Crippen LogP contribution >= 0.6 is 0 Å². The Kier molecular flexibility index (Phi) is 7.18. The molecule has 2 aliphatic rings. The Balaban J connectivity index is 1.34. The number of hydrogen-bond donors (Lipinski definition) is 5. The highest BCUT2D eigenvalue weighted by molar-refractivity contribution is 5.97. The summed E-state index contributed by atoms with van der Waals surface area (Å²) in [6, 6.07) is 4.28. The lowest BCUT2D eigenvalue weighted by Crippen LogP contribution is -2.41. The molecular formula is C25H31N5O5. The number of carboxylic acid groups (broad SMARTS) is 2. The molecule has 2 aromatic rings. The number of nitrogens with one attached hydrogen (secondary N) is 1. The molecule has 1 aromatic carbocycles. The van der Waals surface area contributed by atoms with Crippen molar-refractivity contribution in [3.8, 4) is 0 Å². The smallest absolute Gasteiger partial charge is 0.326 e. The van der Waals surface area contributed by atoms with Gasteiger partial charge in [-0.2, -0.15) is 4.98 Å². The standard InChI is InChI=1S/C25H31N5O5/c26-22-21-14(7-9-18(21)29-25(27)30-22)3-1-2-13-4-5-15-12-16(6-8-17(13)15)23(33)28-19(24(34)35)10-11-20(31)32/h6,8,12-14,19H,1-5,7,9-11H2,(H,28,33)(H,31,32)(H,34,35)(H4,26,27,29,30)/t13?,14?,19-/m0/s1. The van der Waals surface area contributed by atoms with Crippen molar-refractivity contribution in [1.82, 2.24) is 15.3 Å². The number of carboxylic acids is 2. The number of aryl methyl sites for hydroxylation is 2. The molecule has 2 unspecified atom stereocenters. The fourth-order valence-corrected chi connectivity index (χ4v) is 5.46. The van der Waals surface area contributed by atoms with Gasteiger partial charge in [-0.3, -0.25) is 9.59 Å². The molecule has 35 heavy (non-hydrogen) atoms. The Morgan fingerprint density at radius 2 is 1.80 bits per heavy atom. The summed E-state index contributed by atoms with van der Waals surface area (Å²) in [5.74, 6) is -1.34. The lowest BCUT2D eigenvalue weighted by Gasteiger charge is -2.16. The van der Waals surface area contributed by atoms with Crippen LogP contribution in [-0.4, -0.2) is 44.1 Å². The maximum atomic E-state index is 12.6. The van der Waals surface area contributed by atoms with Crippen LogP contribution in [0.5, 0.6) is 0 Å². The van der Waals surface area contributed by atoms with Gasteiger partial charge in [-0.25, -0.2) is 9.78 Å². The summed E-state index contributed by atoms with van der Waals surface area (Å²) in [4.78, 5) is 43.2. The third-order valence-corrected chi connectivity index (χ3v) is 7.17. The molecule has 0 bridgehead atoms. The average molecular weight is 482 g/mol. The molecule has 186 valence electrons. The first-order chi connectivity index (χ1) is 16.7. The van der Waals surface area contributed by atoms with Crippen LogP contribution in [0, 0.1) is 0 Å². The number of nitrogens with two attached hydrogens (primary N) is 2. The fourth-order valence-electron chi connectivity index (χ4n) is 5.46. The second-order valence-electron chi connectivity index (χ2n) is 9.44. The monoisotopic (exact) mass is 481 g/mol. The average Bonchev–Trinajstić information content (AvgIpc) is 3.40. The van der Waals surface area contributed by atoms with Crippen molar-refractivity contribution in [2.75, 3.05) is 11.5 Å². The molecule has 1 amide bonds. The van der Waals surface area contributed by atoms with Crippen LogP contribution < -0.4 is 16.8 Å². The van der Waals surface area contributed by atoms with Crippen molar-refractivity contribution in [2.24, 2.45) is 0 Å². The summed E-state index contributed by atoms with van der Waals surface area (Å²) < 4.78 is 0. The number of benzene rings is 1. The topological polar surface area (TPSA) is 182 Å². The maximum absolute atomic E-state index is 12.6. The zero-order valence-corrected chi connectivity index (χ0v) is 19.5. The number of carbonyl (C=O) groups excluding carboxylic acids is 1. The summed E-state index contributed by atoms with van der Waals surface area (Å²) in [5, 5.41) is 20.5. The van der Waals surface area contributed by atoms with Gasteiger partial charge in [-0.15, -0.1) is 0 Å². The van der Waals surface area contributed by atoms with Gasteiger partial charge in [0.05, 0.1) is 5.69 Å². The normalized spacial score (nSPS) is 19.1. The highest BCUT2D eigenvalue weighted by Gasteiger charge is 2.29. The highest BCUT2D eigenvalue weighted by atomic mass is 16.4. The molecule has 10 heteroatoms. The largest absolute Gasteiger partial charge is 0.481 e. The quantitative estimate of drug-likeness (QED) is 0.340. The lowest BCUT2D eigenvalue weighted by atomic mass is 9.90. The van der Waals surface area contributed by atoms with Crippen LogP contribution in [-0.2, 0) is 22.4 Å². The van der Waals surface area contributed by atoms with Crippen LogP contribution in [0.2, 0.25) is 0 Å². The predicted molar refractivity (Wildman–Crippen MR) is 129 cm³/mol. The number of nitrogens with zero attached hydrogens (tertiary/aromatic N) is 2. The number of anilines is 2. The number of aromatic nitrogens is 2. The van der Waals surface area contributed by atoms with E-state index in [1.54, 1.807) is 6.07 Å². The van der Waals surface area contributed by atoms with Gasteiger partial charge >= 0.3 is 11.9 Å². The van der Waals surface area contributed by atoms with Crippen LogP contribution in [0.3, 0.4) is 0 Å². The van der Waals surface area contributed by atoms with Crippen molar-refractivity contribution in [3.63, 3.8) is 0 Å². The second kappa shape index (κ2) is 10.3. The van der Waals surface area contributed by atoms with Crippen molar-refractivity contribution in [2.45, 2.75) is 75.7 Å². The zero-order valence-electron chi connectivity index (χ0n) is 19.5. The predicted octanol–water partition coefficient (Wildman–Crippen LogP) is 2.62. The molecule has 0 spiro atoms. The Morgan fingerprint density at radius 3 is 2.54 bits per heavy atom. The van der Waals surface area contributed by atoms with E-state index in [1.807, 2.05) is 12.1 Å². The Hall–Kier alpha value is -3.69. The van der Waals surface area contributed by atoms with E-state index in [1.165, 1.54) is 5.56 Å². The van der Waals surface area contributed by atoms with Gasteiger partial charge in [0.1, 0.15) is 11.9 Å². The van der Waals surface area contributed by atoms with E-state index in [0.29, 0.717) is 23.2 Å². The van der Waals surface area contributed by atoms with E-state index >= 15 is 0 Å². The van der Waals surface area contributed by atoms with Gasteiger partial charge < -0.3 is 27.0 Å². The molecular weight excluding hydrogens is 450 g/mol. The summed E-state index contributed by atoms with van der Waals surface area (Å²) in [6.45, 7) is 0.